The second-order valence-corrected chi connectivity index (χ2v) is 10.3. The predicted octanol–water partition coefficient (Wildman–Crippen LogP) is 5.12. The van der Waals surface area contributed by atoms with E-state index >= 15 is 0 Å². The third-order valence-corrected chi connectivity index (χ3v) is 5.87. The second-order valence-electron chi connectivity index (χ2n) is 10.3. The van der Waals surface area contributed by atoms with Gasteiger partial charge in [0.05, 0.1) is 12.1 Å². The summed E-state index contributed by atoms with van der Waals surface area (Å²) >= 11 is 0. The number of halogens is 2. The lowest BCUT2D eigenvalue weighted by molar-refractivity contribution is -0.136. The largest absolute Gasteiger partial charge is 0.481 e. The Morgan fingerprint density at radius 2 is 1.66 bits per heavy atom. The number of ketones is 1. The van der Waals surface area contributed by atoms with Crippen LogP contribution < -0.4 is 16.4 Å². The van der Waals surface area contributed by atoms with Gasteiger partial charge in [0.25, 0.3) is 5.91 Å². The Hall–Kier alpha value is -4.80. The van der Waals surface area contributed by atoms with Crippen LogP contribution in [0.1, 0.15) is 64.6 Å². The van der Waals surface area contributed by atoms with E-state index in [4.69, 9.17) is 10.8 Å². The number of nitrogens with one attached hydrogen (secondary N) is 2. The summed E-state index contributed by atoms with van der Waals surface area (Å²) in [4.78, 5) is 46.2. The van der Waals surface area contributed by atoms with Crippen molar-refractivity contribution in [3.63, 3.8) is 0 Å². The zero-order valence-corrected chi connectivity index (χ0v) is 22.8. The van der Waals surface area contributed by atoms with E-state index in [0.717, 1.165) is 23.3 Å². The van der Waals surface area contributed by atoms with Crippen LogP contribution >= 0.6 is 0 Å². The number of aryl methyl sites for hydroxylation is 2. The molecule has 0 unspecified atom stereocenters. The van der Waals surface area contributed by atoms with Gasteiger partial charge in [-0.25, -0.2) is 13.6 Å². The van der Waals surface area contributed by atoms with Crippen molar-refractivity contribution in [1.29, 1.82) is 0 Å². The van der Waals surface area contributed by atoms with Gasteiger partial charge in [0.1, 0.15) is 17.2 Å². The molecule has 2 amide bonds. The van der Waals surface area contributed by atoms with Crippen molar-refractivity contribution < 1.29 is 37.8 Å². The Kier molecular flexibility index (Phi) is 9.77. The highest BCUT2D eigenvalue weighted by atomic mass is 19.1. The molecule has 3 aromatic rings. The van der Waals surface area contributed by atoms with Crippen LogP contribution in [0.2, 0.25) is 0 Å². The number of fused-ring (bicyclic) bond motifs is 2. The molecule has 0 aromatic heterocycles. The molecule has 3 aromatic carbocycles. The summed E-state index contributed by atoms with van der Waals surface area (Å²) in [5, 5.41) is 14.1. The summed E-state index contributed by atoms with van der Waals surface area (Å²) in [6.45, 7) is 5.28. The lowest BCUT2D eigenvalue weighted by Gasteiger charge is -2.16. The molecule has 0 heterocycles. The van der Waals surface area contributed by atoms with Gasteiger partial charge in [0.2, 0.25) is 0 Å². The van der Waals surface area contributed by atoms with Crippen LogP contribution in [-0.4, -0.2) is 41.0 Å². The van der Waals surface area contributed by atoms with Crippen molar-refractivity contribution in [1.82, 2.24) is 5.32 Å². The standard InChI is InChI=1S/C25H20F2N2O4.C5H11NO2/c26-17-5-8-22(21(27)13-17)29-18-6-7-19-15(11-18)3-1-14-2-4-16(12-20(14)24(19)32)25(33)28-10-9-23(30)31;1-5(2,3)8-4(6)7/h2,4-8,11-13,29H,1,3,9-10H2,(H,28,33)(H,30,31);1-3H3,(H2,6,7). The maximum atomic E-state index is 14.0. The molecule has 0 bridgehead atoms. The lowest BCUT2D eigenvalue weighted by atomic mass is 9.96. The maximum absolute atomic E-state index is 14.0. The summed E-state index contributed by atoms with van der Waals surface area (Å²) in [5.41, 5.74) is 7.72. The zero-order chi connectivity index (χ0) is 30.3. The molecule has 1 aliphatic rings. The van der Waals surface area contributed by atoms with Gasteiger partial charge < -0.3 is 26.2 Å². The monoisotopic (exact) mass is 567 g/mol. The molecule has 1 aliphatic carbocycles. The van der Waals surface area contributed by atoms with Crippen LogP contribution in [0.25, 0.3) is 0 Å². The van der Waals surface area contributed by atoms with E-state index in [1.165, 1.54) is 12.1 Å². The highest BCUT2D eigenvalue weighted by Gasteiger charge is 2.23. The molecule has 0 saturated carbocycles. The van der Waals surface area contributed by atoms with Gasteiger partial charge in [-0.2, -0.15) is 0 Å². The summed E-state index contributed by atoms with van der Waals surface area (Å²) in [7, 11) is 0. The van der Waals surface area contributed by atoms with Crippen LogP contribution in [0.3, 0.4) is 0 Å². The van der Waals surface area contributed by atoms with Crippen LogP contribution in [0.15, 0.2) is 54.6 Å². The number of aliphatic carboxylic acids is 1. The number of carbonyl (C=O) groups is 4. The number of ether oxygens (including phenoxy) is 1. The number of carbonyl (C=O) groups excluding carboxylic acids is 3. The predicted molar refractivity (Wildman–Crippen MR) is 148 cm³/mol. The van der Waals surface area contributed by atoms with Gasteiger partial charge in [-0.3, -0.25) is 14.4 Å². The number of hydrogen-bond donors (Lipinski definition) is 4. The van der Waals surface area contributed by atoms with Crippen molar-refractivity contribution >= 4 is 35.1 Å². The van der Waals surface area contributed by atoms with E-state index in [1.54, 1.807) is 51.1 Å². The summed E-state index contributed by atoms with van der Waals surface area (Å²) < 4.78 is 31.7. The number of anilines is 2. The number of carboxylic acids is 1. The van der Waals surface area contributed by atoms with Crippen molar-refractivity contribution in [2.75, 3.05) is 11.9 Å². The molecule has 4 rings (SSSR count). The van der Waals surface area contributed by atoms with E-state index in [1.807, 2.05) is 0 Å². The minimum Gasteiger partial charge on any atom is -0.481 e. The van der Waals surface area contributed by atoms with Gasteiger partial charge in [-0.15, -0.1) is 0 Å². The van der Waals surface area contributed by atoms with E-state index in [9.17, 15) is 28.0 Å². The fourth-order valence-corrected chi connectivity index (χ4v) is 4.09. The zero-order valence-electron chi connectivity index (χ0n) is 22.8. The minimum atomic E-state index is -1.01. The normalized spacial score (nSPS) is 12.1. The van der Waals surface area contributed by atoms with Crippen molar-refractivity contribution in [2.45, 2.75) is 45.6 Å². The molecule has 0 saturated heterocycles. The first-order valence-electron chi connectivity index (χ1n) is 12.7. The average molecular weight is 568 g/mol. The fourth-order valence-electron chi connectivity index (χ4n) is 4.09. The quantitative estimate of drug-likeness (QED) is 0.323. The van der Waals surface area contributed by atoms with Gasteiger partial charge in [-0.05, 0) is 87.2 Å². The molecular weight excluding hydrogens is 536 g/mol. The van der Waals surface area contributed by atoms with Gasteiger partial charge >= 0.3 is 12.1 Å². The topological polar surface area (TPSA) is 148 Å². The van der Waals surface area contributed by atoms with Crippen molar-refractivity contribution in [3.8, 4) is 0 Å². The van der Waals surface area contributed by atoms with Crippen LogP contribution in [0.4, 0.5) is 25.0 Å². The van der Waals surface area contributed by atoms with E-state index in [0.29, 0.717) is 29.7 Å². The molecular formula is C30H31F2N3O6. The van der Waals surface area contributed by atoms with E-state index in [2.05, 4.69) is 15.4 Å². The molecule has 216 valence electrons. The Labute approximate surface area is 235 Å². The maximum Gasteiger partial charge on any atom is 0.405 e. The van der Waals surface area contributed by atoms with Gasteiger partial charge in [-0.1, -0.05) is 6.07 Å². The molecule has 0 spiro atoms. The highest BCUT2D eigenvalue weighted by Crippen LogP contribution is 2.29. The molecule has 0 aliphatic heterocycles. The minimum absolute atomic E-state index is 0.00748. The van der Waals surface area contributed by atoms with E-state index in [-0.39, 0.29) is 30.0 Å². The SMILES string of the molecule is CC(C)(C)OC(N)=O.O=C(O)CCNC(=O)c1ccc2c(c1)C(=O)c1ccc(Nc3ccc(F)cc3F)cc1CC2. The van der Waals surface area contributed by atoms with Gasteiger partial charge in [0.15, 0.2) is 5.78 Å². The third kappa shape index (κ3) is 8.85. The first kappa shape index (κ1) is 30.7. The first-order chi connectivity index (χ1) is 19.2. The molecule has 41 heavy (non-hydrogen) atoms. The number of amides is 2. The van der Waals surface area contributed by atoms with Crippen LogP contribution in [0.5, 0.6) is 0 Å². The van der Waals surface area contributed by atoms with Crippen LogP contribution in [-0.2, 0) is 22.4 Å². The number of nitrogens with two attached hydrogens (primary N) is 1. The average Bonchev–Trinajstić information content (AvgIpc) is 3.00. The summed E-state index contributed by atoms with van der Waals surface area (Å²) in [6.07, 6.45) is 0.224. The van der Waals surface area contributed by atoms with Crippen LogP contribution in [0, 0.1) is 11.6 Å². The van der Waals surface area contributed by atoms with Crippen molar-refractivity contribution in [2.24, 2.45) is 5.73 Å². The Morgan fingerprint density at radius 1 is 0.951 bits per heavy atom. The highest BCUT2D eigenvalue weighted by molar-refractivity contribution is 6.12. The Bertz CT molecular complexity index is 1480. The Balaban J connectivity index is 0.000000507. The summed E-state index contributed by atoms with van der Waals surface area (Å²) in [5.74, 6) is -3.07. The number of benzene rings is 3. The van der Waals surface area contributed by atoms with Crippen molar-refractivity contribution in [3.05, 3.63) is 94.0 Å². The molecule has 0 fully saturated rings. The molecule has 0 atom stereocenters. The van der Waals surface area contributed by atoms with Gasteiger partial charge in [0, 0.05) is 35.0 Å². The summed E-state index contributed by atoms with van der Waals surface area (Å²) in [6, 6.07) is 13.2. The molecule has 5 N–H and O–H groups in total. The molecule has 11 heteroatoms. The first-order valence-corrected chi connectivity index (χ1v) is 12.7. The number of carboxylic acid groups (broad SMARTS) is 1. The second kappa shape index (κ2) is 13.0. The number of hydrogen-bond acceptors (Lipinski definition) is 6. The smallest absolute Gasteiger partial charge is 0.405 e. The molecule has 0 radical (unpaired) electrons. The van der Waals surface area contributed by atoms with E-state index < -0.39 is 35.2 Å². The molecule has 9 nitrogen and oxygen atoms in total. The lowest BCUT2D eigenvalue weighted by Crippen LogP contribution is -2.27. The fraction of sp³-hybridized carbons (Fsp3) is 0.267. The number of primary amides is 1. The number of rotatable bonds is 6. The third-order valence-electron chi connectivity index (χ3n) is 5.87. The Morgan fingerprint density at radius 3 is 2.27 bits per heavy atom.